The van der Waals surface area contributed by atoms with Crippen molar-refractivity contribution in [3.8, 4) is 0 Å². The molecule has 0 bridgehead atoms. The fourth-order valence-electron chi connectivity index (χ4n) is 1.84. The fraction of sp³-hybridized carbons (Fsp3) is 0.286. The third kappa shape index (κ3) is 3.62. The Kier molecular flexibility index (Phi) is 4.24. The number of hydrogen-bond acceptors (Lipinski definition) is 2. The van der Waals surface area contributed by atoms with Gasteiger partial charge in [0.05, 0.1) is 6.04 Å². The smallest absolute Gasteiger partial charge is 0.193 e. The van der Waals surface area contributed by atoms with E-state index in [0.29, 0.717) is 5.22 Å². The molecule has 2 aromatic rings. The molecule has 17 heavy (non-hydrogen) atoms. The molecule has 0 amide bonds. The van der Waals surface area contributed by atoms with Gasteiger partial charge in [-0.2, -0.15) is 0 Å². The summed E-state index contributed by atoms with van der Waals surface area (Å²) in [6.45, 7) is 0. The van der Waals surface area contributed by atoms with Crippen LogP contribution in [0, 0.1) is 0 Å². The van der Waals surface area contributed by atoms with Crippen LogP contribution in [0.15, 0.2) is 46.9 Å². The number of benzene rings is 1. The van der Waals surface area contributed by atoms with Gasteiger partial charge in [0.15, 0.2) is 5.22 Å². The average molecular weight is 250 g/mol. The zero-order valence-corrected chi connectivity index (χ0v) is 10.4. The van der Waals surface area contributed by atoms with Crippen LogP contribution in [0.5, 0.6) is 0 Å². The second-order valence-electron chi connectivity index (χ2n) is 4.13. The number of aryl methyl sites for hydroxylation is 1. The fourth-order valence-corrected chi connectivity index (χ4v) is 1.99. The third-order valence-electron chi connectivity index (χ3n) is 2.78. The minimum absolute atomic E-state index is 0.0637. The Labute approximate surface area is 106 Å². The summed E-state index contributed by atoms with van der Waals surface area (Å²) in [5, 5.41) is 0.401. The molecule has 1 aromatic carbocycles. The van der Waals surface area contributed by atoms with E-state index in [1.165, 1.54) is 5.56 Å². The van der Waals surface area contributed by atoms with E-state index in [-0.39, 0.29) is 6.04 Å². The van der Waals surface area contributed by atoms with Crippen molar-refractivity contribution in [2.75, 3.05) is 0 Å². The van der Waals surface area contributed by atoms with Crippen molar-refractivity contribution in [2.24, 2.45) is 5.73 Å². The molecular formula is C14H16ClNO. The maximum absolute atomic E-state index is 6.02. The molecule has 1 heterocycles. The monoisotopic (exact) mass is 249 g/mol. The van der Waals surface area contributed by atoms with Crippen LogP contribution in [-0.2, 0) is 6.42 Å². The molecule has 3 heteroatoms. The summed E-state index contributed by atoms with van der Waals surface area (Å²) in [4.78, 5) is 0. The lowest BCUT2D eigenvalue weighted by Crippen LogP contribution is -2.09. The zero-order chi connectivity index (χ0) is 12.1. The summed E-state index contributed by atoms with van der Waals surface area (Å²) >= 11 is 5.71. The third-order valence-corrected chi connectivity index (χ3v) is 2.99. The highest BCUT2D eigenvalue weighted by Crippen LogP contribution is 2.22. The van der Waals surface area contributed by atoms with Gasteiger partial charge in [-0.05, 0) is 48.6 Å². The maximum Gasteiger partial charge on any atom is 0.193 e. The number of furan rings is 1. The Hall–Kier alpha value is -1.25. The molecular weight excluding hydrogens is 234 g/mol. The predicted octanol–water partition coefficient (Wildman–Crippen LogP) is 3.96. The van der Waals surface area contributed by atoms with Gasteiger partial charge in [0.1, 0.15) is 5.76 Å². The van der Waals surface area contributed by atoms with Crippen LogP contribution in [0.25, 0.3) is 0 Å². The van der Waals surface area contributed by atoms with Gasteiger partial charge in [0, 0.05) is 0 Å². The van der Waals surface area contributed by atoms with Gasteiger partial charge in [-0.25, -0.2) is 0 Å². The Bertz CT molecular complexity index is 452. The van der Waals surface area contributed by atoms with Crippen molar-refractivity contribution < 1.29 is 4.42 Å². The lowest BCUT2D eigenvalue weighted by atomic mass is 10.0. The van der Waals surface area contributed by atoms with Crippen LogP contribution in [0.3, 0.4) is 0 Å². The minimum Gasteiger partial charge on any atom is -0.448 e. The first kappa shape index (κ1) is 12.2. The molecule has 1 aromatic heterocycles. The van der Waals surface area contributed by atoms with Crippen LogP contribution in [0.2, 0.25) is 5.22 Å². The molecule has 0 aliphatic heterocycles. The van der Waals surface area contributed by atoms with Crippen LogP contribution in [0.1, 0.15) is 30.2 Å². The Morgan fingerprint density at radius 1 is 1.12 bits per heavy atom. The second kappa shape index (κ2) is 5.89. The van der Waals surface area contributed by atoms with E-state index < -0.39 is 0 Å². The molecule has 2 nitrogen and oxygen atoms in total. The van der Waals surface area contributed by atoms with E-state index in [2.05, 4.69) is 24.3 Å². The van der Waals surface area contributed by atoms with E-state index >= 15 is 0 Å². The van der Waals surface area contributed by atoms with Gasteiger partial charge >= 0.3 is 0 Å². The Balaban J connectivity index is 1.79. The van der Waals surface area contributed by atoms with E-state index in [9.17, 15) is 0 Å². The standard InChI is InChI=1S/C14H16ClNO/c15-14-10-9-13(17-14)12(16)8-4-7-11-5-2-1-3-6-11/h1-3,5-6,9-10,12H,4,7-8,16H2. The van der Waals surface area contributed by atoms with Crippen molar-refractivity contribution in [2.45, 2.75) is 25.3 Å². The van der Waals surface area contributed by atoms with Crippen LogP contribution >= 0.6 is 11.6 Å². The average Bonchev–Trinajstić information content (AvgIpc) is 2.77. The van der Waals surface area contributed by atoms with Gasteiger partial charge in [-0.1, -0.05) is 30.3 Å². The molecule has 1 unspecified atom stereocenters. The molecule has 0 fully saturated rings. The van der Waals surface area contributed by atoms with Crippen molar-refractivity contribution in [3.05, 3.63) is 59.0 Å². The van der Waals surface area contributed by atoms with Crippen molar-refractivity contribution in [3.63, 3.8) is 0 Å². The quantitative estimate of drug-likeness (QED) is 0.871. The van der Waals surface area contributed by atoms with E-state index in [1.807, 2.05) is 12.1 Å². The first-order chi connectivity index (χ1) is 8.25. The Morgan fingerprint density at radius 2 is 1.88 bits per heavy atom. The van der Waals surface area contributed by atoms with Crippen molar-refractivity contribution in [1.29, 1.82) is 0 Å². The molecule has 1 atom stereocenters. The van der Waals surface area contributed by atoms with Gasteiger partial charge in [-0.15, -0.1) is 0 Å². The van der Waals surface area contributed by atoms with E-state index in [0.717, 1.165) is 25.0 Å². The molecule has 0 saturated heterocycles. The summed E-state index contributed by atoms with van der Waals surface area (Å²) in [5.41, 5.74) is 7.36. The molecule has 0 aliphatic rings. The highest BCUT2D eigenvalue weighted by Gasteiger charge is 2.09. The summed E-state index contributed by atoms with van der Waals surface area (Å²) in [5.74, 6) is 0.767. The van der Waals surface area contributed by atoms with Crippen molar-refractivity contribution in [1.82, 2.24) is 0 Å². The number of halogens is 1. The SMILES string of the molecule is NC(CCCc1ccccc1)c1ccc(Cl)o1. The molecule has 0 saturated carbocycles. The highest BCUT2D eigenvalue weighted by atomic mass is 35.5. The Morgan fingerprint density at radius 3 is 2.53 bits per heavy atom. The minimum atomic E-state index is -0.0637. The molecule has 2 rings (SSSR count). The van der Waals surface area contributed by atoms with Crippen LogP contribution in [0.4, 0.5) is 0 Å². The molecule has 2 N–H and O–H groups in total. The van der Waals surface area contributed by atoms with Gasteiger partial charge in [-0.3, -0.25) is 0 Å². The van der Waals surface area contributed by atoms with Gasteiger partial charge < -0.3 is 10.2 Å². The number of nitrogens with two attached hydrogens (primary N) is 1. The summed E-state index contributed by atoms with van der Waals surface area (Å²) < 4.78 is 5.29. The first-order valence-corrected chi connectivity index (χ1v) is 6.18. The zero-order valence-electron chi connectivity index (χ0n) is 9.60. The van der Waals surface area contributed by atoms with Gasteiger partial charge in [0.2, 0.25) is 0 Å². The first-order valence-electron chi connectivity index (χ1n) is 5.80. The summed E-state index contributed by atoms with van der Waals surface area (Å²) in [7, 11) is 0. The number of hydrogen-bond donors (Lipinski definition) is 1. The molecule has 0 spiro atoms. The number of rotatable bonds is 5. The largest absolute Gasteiger partial charge is 0.448 e. The second-order valence-corrected chi connectivity index (χ2v) is 4.50. The normalized spacial score (nSPS) is 12.6. The lowest BCUT2D eigenvalue weighted by molar-refractivity contribution is 0.447. The molecule has 90 valence electrons. The summed E-state index contributed by atoms with van der Waals surface area (Å²) in [6.07, 6.45) is 2.99. The van der Waals surface area contributed by atoms with Crippen LogP contribution in [-0.4, -0.2) is 0 Å². The van der Waals surface area contributed by atoms with Crippen LogP contribution < -0.4 is 5.73 Å². The van der Waals surface area contributed by atoms with Gasteiger partial charge in [0.25, 0.3) is 0 Å². The summed E-state index contributed by atoms with van der Waals surface area (Å²) in [6, 6.07) is 13.9. The lowest BCUT2D eigenvalue weighted by Gasteiger charge is -2.08. The van der Waals surface area contributed by atoms with E-state index in [4.69, 9.17) is 21.8 Å². The highest BCUT2D eigenvalue weighted by molar-refractivity contribution is 6.28. The topological polar surface area (TPSA) is 39.2 Å². The van der Waals surface area contributed by atoms with Crippen molar-refractivity contribution >= 4 is 11.6 Å². The molecule has 0 aliphatic carbocycles. The predicted molar refractivity (Wildman–Crippen MR) is 70.0 cm³/mol. The maximum atomic E-state index is 6.02. The van der Waals surface area contributed by atoms with E-state index in [1.54, 1.807) is 6.07 Å². The molecule has 0 radical (unpaired) electrons.